The lowest BCUT2D eigenvalue weighted by atomic mass is 9.85. The maximum Gasteiger partial charge on any atom is 0.227 e. The Balaban J connectivity index is 1.99. The van der Waals surface area contributed by atoms with Gasteiger partial charge >= 0.3 is 0 Å². The highest BCUT2D eigenvalue weighted by Gasteiger charge is 2.24. The molecule has 74 valence electrons. The maximum atomic E-state index is 8.63. The molecule has 1 aliphatic carbocycles. The molecule has 0 bridgehead atoms. The predicted octanol–water partition coefficient (Wildman–Crippen LogP) is 2.04. The van der Waals surface area contributed by atoms with E-state index in [0.717, 1.165) is 5.82 Å². The standard InChI is InChI=1S/C10H13N3O/c1-7(6-11)5-9-12-10(13-14-9)8-3-2-4-8/h7-8H,2-5H2,1H3. The molecule has 1 aromatic heterocycles. The SMILES string of the molecule is CC(C#N)Cc1nc(C2CCC2)no1. The smallest absolute Gasteiger partial charge is 0.227 e. The zero-order valence-electron chi connectivity index (χ0n) is 8.23. The quantitative estimate of drug-likeness (QED) is 0.733. The van der Waals surface area contributed by atoms with Gasteiger partial charge in [-0.1, -0.05) is 11.6 Å². The van der Waals surface area contributed by atoms with E-state index in [4.69, 9.17) is 9.78 Å². The highest BCUT2D eigenvalue weighted by atomic mass is 16.5. The van der Waals surface area contributed by atoms with Crippen molar-refractivity contribution in [1.29, 1.82) is 5.26 Å². The highest BCUT2D eigenvalue weighted by Crippen LogP contribution is 2.34. The molecule has 14 heavy (non-hydrogen) atoms. The first-order valence-corrected chi connectivity index (χ1v) is 5.01. The lowest BCUT2D eigenvalue weighted by molar-refractivity contribution is 0.343. The molecule has 0 N–H and O–H groups in total. The summed E-state index contributed by atoms with van der Waals surface area (Å²) in [6, 6.07) is 2.15. The van der Waals surface area contributed by atoms with Gasteiger partial charge in [-0.15, -0.1) is 0 Å². The van der Waals surface area contributed by atoms with Crippen molar-refractivity contribution in [1.82, 2.24) is 10.1 Å². The highest BCUT2D eigenvalue weighted by molar-refractivity contribution is 5.00. The second kappa shape index (κ2) is 3.79. The van der Waals surface area contributed by atoms with Gasteiger partial charge < -0.3 is 4.52 Å². The van der Waals surface area contributed by atoms with Gasteiger partial charge in [0.05, 0.1) is 12.0 Å². The van der Waals surface area contributed by atoms with Gasteiger partial charge in [-0.3, -0.25) is 0 Å². The van der Waals surface area contributed by atoms with Crippen molar-refractivity contribution in [2.24, 2.45) is 5.92 Å². The largest absolute Gasteiger partial charge is 0.339 e. The van der Waals surface area contributed by atoms with Crippen molar-refractivity contribution in [2.45, 2.75) is 38.5 Å². The van der Waals surface area contributed by atoms with E-state index in [1.807, 2.05) is 6.92 Å². The summed E-state index contributed by atoms with van der Waals surface area (Å²) in [7, 11) is 0. The number of hydrogen-bond acceptors (Lipinski definition) is 4. The average molecular weight is 191 g/mol. The maximum absolute atomic E-state index is 8.63. The van der Waals surface area contributed by atoms with E-state index in [1.165, 1.54) is 19.3 Å². The molecule has 0 amide bonds. The molecule has 0 aromatic carbocycles. The first kappa shape index (κ1) is 9.20. The van der Waals surface area contributed by atoms with Gasteiger partial charge in [-0.25, -0.2) is 0 Å². The molecule has 0 aliphatic heterocycles. The van der Waals surface area contributed by atoms with Crippen LogP contribution in [0.2, 0.25) is 0 Å². The van der Waals surface area contributed by atoms with Crippen LogP contribution in [0.5, 0.6) is 0 Å². The Kier molecular flexibility index (Phi) is 2.49. The van der Waals surface area contributed by atoms with Crippen LogP contribution in [-0.2, 0) is 6.42 Å². The van der Waals surface area contributed by atoms with E-state index < -0.39 is 0 Å². The first-order valence-electron chi connectivity index (χ1n) is 5.01. The molecule has 4 heteroatoms. The van der Waals surface area contributed by atoms with Crippen molar-refractivity contribution >= 4 is 0 Å². The number of rotatable bonds is 3. The van der Waals surface area contributed by atoms with E-state index in [-0.39, 0.29) is 5.92 Å². The Morgan fingerprint density at radius 1 is 1.64 bits per heavy atom. The van der Waals surface area contributed by atoms with Crippen LogP contribution in [0.15, 0.2) is 4.52 Å². The fourth-order valence-electron chi connectivity index (χ4n) is 1.49. The van der Waals surface area contributed by atoms with Crippen molar-refractivity contribution in [3.05, 3.63) is 11.7 Å². The zero-order valence-corrected chi connectivity index (χ0v) is 8.23. The summed E-state index contributed by atoms with van der Waals surface area (Å²) in [4.78, 5) is 4.29. The molecule has 1 aliphatic rings. The van der Waals surface area contributed by atoms with Crippen molar-refractivity contribution < 1.29 is 4.52 Å². The second-order valence-electron chi connectivity index (χ2n) is 3.91. The monoisotopic (exact) mass is 191 g/mol. The van der Waals surface area contributed by atoms with Crippen LogP contribution in [0.1, 0.15) is 43.8 Å². The molecule has 0 spiro atoms. The number of aromatic nitrogens is 2. The minimum Gasteiger partial charge on any atom is -0.339 e. The Hall–Kier alpha value is -1.37. The van der Waals surface area contributed by atoms with Crippen LogP contribution in [0, 0.1) is 17.2 Å². The van der Waals surface area contributed by atoms with Crippen LogP contribution in [-0.4, -0.2) is 10.1 Å². The average Bonchev–Trinajstić information content (AvgIpc) is 2.50. The van der Waals surface area contributed by atoms with Gasteiger partial charge in [0.1, 0.15) is 0 Å². The van der Waals surface area contributed by atoms with Crippen LogP contribution < -0.4 is 0 Å². The second-order valence-corrected chi connectivity index (χ2v) is 3.91. The van der Waals surface area contributed by atoms with Gasteiger partial charge in [0, 0.05) is 12.3 Å². The zero-order chi connectivity index (χ0) is 9.97. The molecular weight excluding hydrogens is 178 g/mol. The summed E-state index contributed by atoms with van der Waals surface area (Å²) in [6.45, 7) is 1.85. The molecule has 1 saturated carbocycles. The lowest BCUT2D eigenvalue weighted by Crippen LogP contribution is -2.10. The number of nitriles is 1. The molecule has 2 rings (SSSR count). The van der Waals surface area contributed by atoms with E-state index in [2.05, 4.69) is 16.2 Å². The third-order valence-electron chi connectivity index (χ3n) is 2.66. The van der Waals surface area contributed by atoms with Gasteiger partial charge in [0.15, 0.2) is 5.82 Å². The predicted molar refractivity (Wildman–Crippen MR) is 49.4 cm³/mol. The van der Waals surface area contributed by atoms with Crippen LogP contribution in [0.25, 0.3) is 0 Å². The Morgan fingerprint density at radius 3 is 3.00 bits per heavy atom. The minimum absolute atomic E-state index is 0.0512. The summed E-state index contributed by atoms with van der Waals surface area (Å²) in [6.07, 6.45) is 4.18. The molecule has 4 nitrogen and oxygen atoms in total. The third kappa shape index (κ3) is 1.77. The van der Waals surface area contributed by atoms with Gasteiger partial charge in [-0.2, -0.15) is 10.2 Å². The van der Waals surface area contributed by atoms with Crippen LogP contribution in [0.3, 0.4) is 0 Å². The molecule has 1 heterocycles. The summed E-state index contributed by atoms with van der Waals surface area (Å²) in [5, 5.41) is 12.6. The van der Waals surface area contributed by atoms with Gasteiger partial charge in [0.2, 0.25) is 5.89 Å². The molecule has 0 saturated heterocycles. The molecule has 1 fully saturated rings. The fraction of sp³-hybridized carbons (Fsp3) is 0.700. The third-order valence-corrected chi connectivity index (χ3v) is 2.66. The van der Waals surface area contributed by atoms with E-state index in [0.29, 0.717) is 18.2 Å². The van der Waals surface area contributed by atoms with Crippen LogP contribution in [0.4, 0.5) is 0 Å². The summed E-state index contributed by atoms with van der Waals surface area (Å²) < 4.78 is 5.08. The van der Waals surface area contributed by atoms with Gasteiger partial charge in [-0.05, 0) is 19.8 Å². The molecule has 1 aromatic rings. The van der Waals surface area contributed by atoms with Gasteiger partial charge in [0.25, 0.3) is 0 Å². The Labute approximate surface area is 82.9 Å². The summed E-state index contributed by atoms with van der Waals surface area (Å²) in [5.41, 5.74) is 0. The number of nitrogens with zero attached hydrogens (tertiary/aromatic N) is 3. The molecular formula is C10H13N3O. The molecule has 1 unspecified atom stereocenters. The minimum atomic E-state index is -0.0512. The van der Waals surface area contributed by atoms with Crippen LogP contribution >= 0.6 is 0 Å². The van der Waals surface area contributed by atoms with Crippen molar-refractivity contribution in [3.63, 3.8) is 0 Å². The van der Waals surface area contributed by atoms with E-state index in [1.54, 1.807) is 0 Å². The Morgan fingerprint density at radius 2 is 2.43 bits per heavy atom. The van der Waals surface area contributed by atoms with Crippen molar-refractivity contribution in [3.8, 4) is 6.07 Å². The lowest BCUT2D eigenvalue weighted by Gasteiger charge is -2.20. The van der Waals surface area contributed by atoms with E-state index in [9.17, 15) is 0 Å². The topological polar surface area (TPSA) is 62.7 Å². The molecule has 0 radical (unpaired) electrons. The molecule has 1 atom stereocenters. The fourth-order valence-corrected chi connectivity index (χ4v) is 1.49. The van der Waals surface area contributed by atoms with Crippen molar-refractivity contribution in [2.75, 3.05) is 0 Å². The van der Waals surface area contributed by atoms with E-state index >= 15 is 0 Å². The summed E-state index contributed by atoms with van der Waals surface area (Å²) >= 11 is 0. The number of hydrogen-bond donors (Lipinski definition) is 0. The Bertz CT molecular complexity index is 348. The normalized spacial score (nSPS) is 18.6. The first-order chi connectivity index (χ1) is 6.79. The summed E-state index contributed by atoms with van der Waals surface area (Å²) in [5.74, 6) is 1.88.